The highest BCUT2D eigenvalue weighted by Crippen LogP contribution is 2.50. The predicted octanol–water partition coefficient (Wildman–Crippen LogP) is -2.75. The number of fused-ring (bicyclic) bond motifs is 2. The highest BCUT2D eigenvalue weighted by atomic mass is 31.2. The van der Waals surface area contributed by atoms with Crippen molar-refractivity contribution in [3.8, 4) is 0 Å². The molecule has 3 aliphatic rings. The van der Waals surface area contributed by atoms with Crippen LogP contribution in [0.3, 0.4) is 0 Å². The second-order valence-corrected chi connectivity index (χ2v) is 12.5. The largest absolute Gasteiger partial charge is 0.472 e. The van der Waals surface area contributed by atoms with Gasteiger partial charge in [0.1, 0.15) is 48.5 Å². The summed E-state index contributed by atoms with van der Waals surface area (Å²) in [6.07, 6.45) is -7.66. The van der Waals surface area contributed by atoms with Gasteiger partial charge in [-0.15, -0.1) is 0 Å². The van der Waals surface area contributed by atoms with Gasteiger partial charge in [-0.05, 0) is 0 Å². The van der Waals surface area contributed by atoms with Crippen LogP contribution in [0, 0.1) is 0 Å². The van der Waals surface area contributed by atoms with Gasteiger partial charge in [0.25, 0.3) is 5.56 Å². The summed E-state index contributed by atoms with van der Waals surface area (Å²) in [4.78, 5) is 50.7. The fraction of sp³-hybridized carbons (Fsp3) is 0.571. The number of imidazole rings is 2. The number of H-pyrrole nitrogens is 1. The summed E-state index contributed by atoms with van der Waals surface area (Å²) in [5.41, 5.74) is 11.2. The van der Waals surface area contributed by atoms with Crippen LogP contribution >= 0.6 is 16.1 Å². The number of anilines is 1. The van der Waals surface area contributed by atoms with Crippen LogP contribution in [0.2, 0.25) is 0 Å². The van der Waals surface area contributed by atoms with Crippen molar-refractivity contribution in [1.82, 2.24) is 34.4 Å². The van der Waals surface area contributed by atoms with E-state index in [4.69, 9.17) is 39.2 Å². The summed E-state index contributed by atoms with van der Waals surface area (Å²) in [6.45, 7) is -1.31. The normalized spacial score (nSPS) is 32.8. The molecule has 0 bridgehead atoms. The van der Waals surface area contributed by atoms with Crippen molar-refractivity contribution in [2.45, 2.75) is 55.2 Å². The number of nitrogens with two attached hydrogens (primary N) is 2. The molecule has 0 aromatic carbocycles. The van der Waals surface area contributed by atoms with Gasteiger partial charge in [-0.1, -0.05) is 0 Å². The molecule has 3 aliphatic heterocycles. The number of hydrogen-bond donors (Lipinski definition) is 8. The van der Waals surface area contributed by atoms with Crippen LogP contribution in [0.15, 0.2) is 22.4 Å². The molecular formula is C21H30N10O13P2. The average molecular weight is 692 g/mol. The van der Waals surface area contributed by atoms with Crippen LogP contribution in [-0.2, 0) is 36.9 Å². The number of nitrogens with zero attached hydrogens (tertiary/aromatic N) is 6. The number of phosphoric ester groups is 1. The number of ether oxygens (including phenoxy) is 3. The molecule has 11 atom stereocenters. The second-order valence-electron chi connectivity index (χ2n) is 10.3. The van der Waals surface area contributed by atoms with Gasteiger partial charge < -0.3 is 55.5 Å². The summed E-state index contributed by atoms with van der Waals surface area (Å²) >= 11 is 0. The molecule has 6 rings (SSSR count). The Morgan fingerprint density at radius 2 is 1.85 bits per heavy atom. The van der Waals surface area contributed by atoms with E-state index in [1.54, 1.807) is 0 Å². The molecule has 0 aliphatic carbocycles. The standard InChI is InChI=1S/C21H30N10O13P2/c1-39-14-13(8(2-40-45(35)36)43-20(14)30-5-26-9-15(22)24-4-25-16(9)30)44-46(37,38)41-3-7-11(32)12(33)19(42-7)31-6-27-10-17(31)28-21(23)29-18(10)34/h4-8,11-15,19-20,32-33,45H,2-3,22H2,1H3,(H,24,25)(H,35,36)(H,37,38)(H3,23,28,29,34). The fourth-order valence-corrected chi connectivity index (χ4v) is 6.61. The molecule has 46 heavy (non-hydrogen) atoms. The van der Waals surface area contributed by atoms with Crippen LogP contribution in [0.25, 0.3) is 11.2 Å². The third kappa shape index (κ3) is 6.13. The zero-order chi connectivity index (χ0) is 32.9. The molecule has 0 spiro atoms. The summed E-state index contributed by atoms with van der Waals surface area (Å²) in [5.74, 6) is 0.0703. The molecule has 25 heteroatoms. The molecule has 3 aromatic rings. The van der Waals surface area contributed by atoms with Crippen molar-refractivity contribution in [1.29, 1.82) is 0 Å². The third-order valence-electron chi connectivity index (χ3n) is 7.45. The summed E-state index contributed by atoms with van der Waals surface area (Å²) in [6, 6.07) is 0. The molecule has 6 heterocycles. The Labute approximate surface area is 257 Å². The van der Waals surface area contributed by atoms with Gasteiger partial charge in [-0.3, -0.25) is 32.5 Å². The Kier molecular flexibility index (Phi) is 9.12. The van der Waals surface area contributed by atoms with Crippen LogP contribution < -0.4 is 22.3 Å². The quantitative estimate of drug-likeness (QED) is 0.0944. The van der Waals surface area contributed by atoms with Gasteiger partial charge in [-0.25, -0.2) is 19.5 Å². The predicted molar refractivity (Wildman–Crippen MR) is 151 cm³/mol. The lowest BCUT2D eigenvalue weighted by atomic mass is 10.1. The first-order chi connectivity index (χ1) is 21.9. The average Bonchev–Trinajstić information content (AvgIpc) is 3.76. The molecule has 0 radical (unpaired) electrons. The van der Waals surface area contributed by atoms with Crippen molar-refractivity contribution in [3.05, 3.63) is 28.7 Å². The van der Waals surface area contributed by atoms with Crippen LogP contribution in [0.1, 0.15) is 24.3 Å². The number of aromatic amines is 1. The van der Waals surface area contributed by atoms with E-state index in [1.165, 1.54) is 28.9 Å². The molecule has 3 aromatic heterocycles. The Bertz CT molecular complexity index is 1750. The van der Waals surface area contributed by atoms with Crippen molar-refractivity contribution < 1.29 is 56.9 Å². The van der Waals surface area contributed by atoms with Gasteiger partial charge in [0.2, 0.25) is 5.95 Å². The molecule has 10 N–H and O–H groups in total. The number of aromatic nitrogens is 6. The summed E-state index contributed by atoms with van der Waals surface area (Å²) in [5, 5.41) is 24.1. The van der Waals surface area contributed by atoms with Gasteiger partial charge in [0, 0.05) is 7.11 Å². The minimum Gasteiger partial charge on any atom is -0.387 e. The number of rotatable bonds is 11. The van der Waals surface area contributed by atoms with Crippen LogP contribution in [0.5, 0.6) is 0 Å². The summed E-state index contributed by atoms with van der Waals surface area (Å²) < 4.78 is 59.8. The molecule has 23 nitrogen and oxygen atoms in total. The van der Waals surface area contributed by atoms with Gasteiger partial charge in [0.15, 0.2) is 29.4 Å². The Hall–Kier alpha value is -3.15. The first-order valence-corrected chi connectivity index (χ1v) is 16.2. The number of aliphatic imine (C=N–C) groups is 1. The number of aliphatic hydroxyl groups is 2. The van der Waals surface area contributed by atoms with Crippen LogP contribution in [0.4, 0.5) is 11.8 Å². The fourth-order valence-electron chi connectivity index (χ4n) is 5.34. The Morgan fingerprint density at radius 1 is 1.11 bits per heavy atom. The highest BCUT2D eigenvalue weighted by Gasteiger charge is 2.52. The van der Waals surface area contributed by atoms with E-state index < -0.39 is 90.1 Å². The number of hydrogen-bond acceptors (Lipinski definition) is 18. The van der Waals surface area contributed by atoms with Crippen molar-refractivity contribution in [2.75, 3.05) is 26.1 Å². The molecule has 0 saturated carbocycles. The van der Waals surface area contributed by atoms with Gasteiger partial charge in [0.05, 0.1) is 32.2 Å². The van der Waals surface area contributed by atoms with Gasteiger partial charge >= 0.3 is 16.1 Å². The molecule has 2 fully saturated rings. The van der Waals surface area contributed by atoms with E-state index in [0.717, 1.165) is 6.33 Å². The van der Waals surface area contributed by atoms with Crippen molar-refractivity contribution in [3.63, 3.8) is 0 Å². The van der Waals surface area contributed by atoms with E-state index in [1.807, 2.05) is 0 Å². The lowest BCUT2D eigenvalue weighted by molar-refractivity contribution is -0.0581. The van der Waals surface area contributed by atoms with Gasteiger partial charge in [-0.2, -0.15) is 4.98 Å². The van der Waals surface area contributed by atoms with E-state index in [0.29, 0.717) is 11.5 Å². The second kappa shape index (κ2) is 12.8. The first kappa shape index (κ1) is 32.8. The zero-order valence-corrected chi connectivity index (χ0v) is 25.5. The SMILES string of the molecule is COC1C(OP(=O)(O)OCC2OC(n3cnc4c(=O)[nH]c(N)nc43)C(O)C2O)C(CO[PH](=O)O)OC1n1cnc2c1N=CNC2N. The number of aliphatic hydroxyl groups excluding tert-OH is 2. The zero-order valence-electron chi connectivity index (χ0n) is 23.6. The van der Waals surface area contributed by atoms with E-state index in [9.17, 15) is 33.9 Å². The summed E-state index contributed by atoms with van der Waals surface area (Å²) in [7, 11) is -7.21. The Morgan fingerprint density at radius 3 is 2.59 bits per heavy atom. The number of methoxy groups -OCH3 is 1. The highest BCUT2D eigenvalue weighted by molar-refractivity contribution is 7.47. The molecule has 11 unspecified atom stereocenters. The monoisotopic (exact) mass is 692 g/mol. The lowest BCUT2D eigenvalue weighted by Gasteiger charge is -2.26. The van der Waals surface area contributed by atoms with E-state index in [-0.39, 0.29) is 17.1 Å². The topological polar surface area (TPSA) is 328 Å². The van der Waals surface area contributed by atoms with Crippen molar-refractivity contribution >= 4 is 45.3 Å². The number of nitrogen functional groups attached to an aromatic ring is 1. The molecular weight excluding hydrogens is 662 g/mol. The Balaban J connectivity index is 1.18. The maximum Gasteiger partial charge on any atom is 0.472 e. The minimum absolute atomic E-state index is 0.0431. The number of nitrogens with one attached hydrogen (secondary N) is 2. The smallest absolute Gasteiger partial charge is 0.387 e. The third-order valence-corrected chi connectivity index (χ3v) is 8.85. The molecule has 0 amide bonds. The number of phosphoric acid groups is 1. The van der Waals surface area contributed by atoms with Crippen LogP contribution in [-0.4, -0.2) is 112 Å². The lowest BCUT2D eigenvalue weighted by Crippen LogP contribution is -2.37. The van der Waals surface area contributed by atoms with E-state index in [2.05, 4.69) is 30.2 Å². The van der Waals surface area contributed by atoms with E-state index >= 15 is 0 Å². The maximum absolute atomic E-state index is 13.2. The van der Waals surface area contributed by atoms with Crippen molar-refractivity contribution in [2.24, 2.45) is 10.7 Å². The molecule has 2 saturated heterocycles. The maximum atomic E-state index is 13.2. The molecule has 252 valence electrons. The first-order valence-electron chi connectivity index (χ1n) is 13.4. The minimum atomic E-state index is -5.04.